The van der Waals surface area contributed by atoms with Gasteiger partial charge in [-0.1, -0.05) is 142 Å². The van der Waals surface area contributed by atoms with E-state index in [9.17, 15) is 0 Å². The molecule has 0 N–H and O–H groups in total. The molecule has 1 aromatic carbocycles. The molecule has 0 aliphatic rings. The fraction of sp³-hybridized carbons (Fsp3) is 0.500. The van der Waals surface area contributed by atoms with Gasteiger partial charge in [0.15, 0.2) is 8.67 Å². The van der Waals surface area contributed by atoms with Crippen LogP contribution in [0.2, 0.25) is 0 Å². The van der Waals surface area contributed by atoms with Crippen LogP contribution in [-0.2, 0) is 4.33 Å². The van der Waals surface area contributed by atoms with Crippen LogP contribution in [0.1, 0.15) is 30.9 Å². The van der Waals surface area contributed by atoms with Crippen LogP contribution in [0.3, 0.4) is 0 Å². The fourth-order valence-corrected chi connectivity index (χ4v) is 3.94. The van der Waals surface area contributed by atoms with E-state index >= 15 is 0 Å². The molecule has 0 saturated carbocycles. The molecule has 1 aromatic rings. The standard InChI is InChI=1S/C14H12Cl9/c1-2-3-5-9-6-4-7-10(8-9)11(15,16)12(17,18)13(19,20)14(21,22)23/h4-8H,2-3H2,1H3. The fourth-order valence-electron chi connectivity index (χ4n) is 1.73. The number of hydrogen-bond acceptors (Lipinski definition) is 0. The van der Waals surface area contributed by atoms with Crippen LogP contribution < -0.4 is 0 Å². The molecule has 131 valence electrons. The monoisotopic (exact) mass is 495 g/mol. The normalized spacial score (nSPS) is 14.2. The lowest BCUT2D eigenvalue weighted by Gasteiger charge is -2.44. The first-order valence-corrected chi connectivity index (χ1v) is 9.83. The highest BCUT2D eigenvalue weighted by Crippen LogP contribution is 2.65. The van der Waals surface area contributed by atoms with Gasteiger partial charge < -0.3 is 0 Å². The van der Waals surface area contributed by atoms with Gasteiger partial charge in [-0.15, -0.1) is 0 Å². The van der Waals surface area contributed by atoms with Gasteiger partial charge in [-0.25, -0.2) is 0 Å². The molecule has 0 bridgehead atoms. The van der Waals surface area contributed by atoms with Crippen LogP contribution in [-0.4, -0.2) is 12.5 Å². The lowest BCUT2D eigenvalue weighted by atomic mass is 10.0. The van der Waals surface area contributed by atoms with Crippen molar-refractivity contribution in [2.45, 2.75) is 36.6 Å². The van der Waals surface area contributed by atoms with Gasteiger partial charge in [0.2, 0.25) is 8.13 Å². The Morgan fingerprint density at radius 2 is 1.43 bits per heavy atom. The molecule has 0 aliphatic heterocycles. The predicted octanol–water partition coefficient (Wildman–Crippen LogP) is 8.39. The molecule has 1 rings (SSSR count). The molecule has 0 saturated heterocycles. The number of benzene rings is 1. The SMILES string of the molecule is CCC[CH]c1cccc(C(Cl)(Cl)C(Cl)(Cl)C(Cl)(Cl)C(Cl)(Cl)Cl)c1. The van der Waals surface area contributed by atoms with Gasteiger partial charge in [-0.05, 0) is 24.0 Å². The number of rotatable bonds is 6. The summed E-state index contributed by atoms with van der Waals surface area (Å²) >= 11 is 54.8. The minimum absolute atomic E-state index is 0.371. The van der Waals surface area contributed by atoms with E-state index in [0.29, 0.717) is 5.56 Å². The van der Waals surface area contributed by atoms with Crippen molar-refractivity contribution in [1.29, 1.82) is 0 Å². The number of hydrogen-bond donors (Lipinski definition) is 0. The second-order valence-electron chi connectivity index (χ2n) is 4.84. The Bertz CT molecular complexity index is 531. The summed E-state index contributed by atoms with van der Waals surface area (Å²) in [5.41, 5.74) is 1.26. The van der Waals surface area contributed by atoms with Crippen molar-refractivity contribution in [1.82, 2.24) is 0 Å². The lowest BCUT2D eigenvalue weighted by molar-refractivity contribution is 0.600. The Balaban J connectivity index is 3.29. The van der Waals surface area contributed by atoms with Gasteiger partial charge in [-0.3, -0.25) is 0 Å². The summed E-state index contributed by atoms with van der Waals surface area (Å²) in [6, 6.07) is 6.98. The average molecular weight is 499 g/mol. The molecule has 9 heteroatoms. The first-order valence-electron chi connectivity index (χ1n) is 6.43. The minimum atomic E-state index is -2.29. The quantitative estimate of drug-likeness (QED) is 0.345. The van der Waals surface area contributed by atoms with E-state index in [0.717, 1.165) is 18.4 Å². The maximum atomic E-state index is 6.39. The van der Waals surface area contributed by atoms with E-state index in [1.165, 1.54) is 0 Å². The van der Waals surface area contributed by atoms with E-state index in [1.54, 1.807) is 18.2 Å². The molecule has 0 nitrogen and oxygen atoms in total. The molecule has 0 unspecified atom stereocenters. The molecule has 0 heterocycles. The first-order chi connectivity index (χ1) is 10.3. The van der Waals surface area contributed by atoms with E-state index in [1.807, 2.05) is 12.5 Å². The van der Waals surface area contributed by atoms with Crippen molar-refractivity contribution in [3.63, 3.8) is 0 Å². The molecular formula is C14H12Cl9. The molecule has 0 atom stereocenters. The van der Waals surface area contributed by atoms with Crippen LogP contribution in [0.4, 0.5) is 0 Å². The van der Waals surface area contributed by atoms with E-state index < -0.39 is 16.8 Å². The largest absolute Gasteiger partial charge is 0.226 e. The van der Waals surface area contributed by atoms with E-state index in [4.69, 9.17) is 104 Å². The molecule has 1 radical (unpaired) electrons. The zero-order valence-electron chi connectivity index (χ0n) is 11.7. The van der Waals surface area contributed by atoms with Crippen LogP contribution in [0.5, 0.6) is 0 Å². The summed E-state index contributed by atoms with van der Waals surface area (Å²) in [6.45, 7) is 2.06. The number of alkyl halides is 9. The number of unbranched alkanes of at least 4 members (excludes halogenated alkanes) is 1. The molecule has 23 heavy (non-hydrogen) atoms. The second-order valence-corrected chi connectivity index (χ2v) is 11.1. The van der Waals surface area contributed by atoms with Crippen molar-refractivity contribution in [2.75, 3.05) is 0 Å². The third-order valence-corrected chi connectivity index (χ3v) is 8.54. The molecule has 0 amide bonds. The van der Waals surface area contributed by atoms with E-state index in [-0.39, 0.29) is 0 Å². The highest BCUT2D eigenvalue weighted by molar-refractivity contribution is 6.80. The van der Waals surface area contributed by atoms with Gasteiger partial charge in [0.25, 0.3) is 0 Å². The zero-order chi connectivity index (χ0) is 18.1. The lowest BCUT2D eigenvalue weighted by Crippen LogP contribution is -2.54. The second kappa shape index (κ2) is 8.24. The third-order valence-electron chi connectivity index (χ3n) is 3.06. The van der Waals surface area contributed by atoms with E-state index in [2.05, 4.69) is 6.92 Å². The maximum Gasteiger partial charge on any atom is 0.226 e. The molecule has 0 fully saturated rings. The highest BCUT2D eigenvalue weighted by atomic mass is 35.6. The van der Waals surface area contributed by atoms with Crippen molar-refractivity contribution in [3.8, 4) is 0 Å². The molecule has 0 spiro atoms. The Kier molecular flexibility index (Phi) is 8.19. The van der Waals surface area contributed by atoms with Gasteiger partial charge >= 0.3 is 0 Å². The summed E-state index contributed by atoms with van der Waals surface area (Å²) in [6.07, 6.45) is 3.89. The summed E-state index contributed by atoms with van der Waals surface area (Å²) in [5, 5.41) is 0. The van der Waals surface area contributed by atoms with Gasteiger partial charge in [-0.2, -0.15) is 0 Å². The summed E-state index contributed by atoms with van der Waals surface area (Å²) in [5.74, 6) is 0. The molecular weight excluding hydrogens is 487 g/mol. The van der Waals surface area contributed by atoms with Gasteiger partial charge in [0.1, 0.15) is 0 Å². The van der Waals surface area contributed by atoms with Crippen LogP contribution >= 0.6 is 104 Å². The van der Waals surface area contributed by atoms with Crippen molar-refractivity contribution in [3.05, 3.63) is 41.8 Å². The zero-order valence-corrected chi connectivity index (χ0v) is 18.5. The Morgan fingerprint density at radius 3 is 1.91 bits per heavy atom. The molecule has 0 aromatic heterocycles. The van der Waals surface area contributed by atoms with Crippen LogP contribution in [0.25, 0.3) is 0 Å². The molecule has 0 aliphatic carbocycles. The van der Waals surface area contributed by atoms with Gasteiger partial charge in [0.05, 0.1) is 0 Å². The topological polar surface area (TPSA) is 0 Å². The van der Waals surface area contributed by atoms with Crippen molar-refractivity contribution >= 4 is 104 Å². The Morgan fingerprint density at radius 1 is 0.870 bits per heavy atom. The van der Waals surface area contributed by atoms with Crippen molar-refractivity contribution in [2.24, 2.45) is 0 Å². The summed E-state index contributed by atoms with van der Waals surface area (Å²) in [7, 11) is 0. The summed E-state index contributed by atoms with van der Waals surface area (Å²) < 4.78 is -8.71. The van der Waals surface area contributed by atoms with Gasteiger partial charge in [0, 0.05) is 0 Å². The van der Waals surface area contributed by atoms with Crippen LogP contribution in [0.15, 0.2) is 24.3 Å². The predicted molar refractivity (Wildman–Crippen MR) is 107 cm³/mol. The summed E-state index contributed by atoms with van der Waals surface area (Å²) in [4.78, 5) is 0. The smallest absolute Gasteiger partial charge is 0.0943 e. The first kappa shape index (κ1) is 22.9. The van der Waals surface area contributed by atoms with Crippen molar-refractivity contribution < 1.29 is 0 Å². The maximum absolute atomic E-state index is 6.39. The number of halogens is 9. The minimum Gasteiger partial charge on any atom is -0.0943 e. The Hall–Kier alpha value is 1.83. The Labute approximate surface area is 181 Å². The highest BCUT2D eigenvalue weighted by Gasteiger charge is 2.68. The van der Waals surface area contributed by atoms with Crippen LogP contribution in [0, 0.1) is 6.42 Å². The third kappa shape index (κ3) is 4.76. The average Bonchev–Trinajstić information content (AvgIpc) is 2.43.